The van der Waals surface area contributed by atoms with Gasteiger partial charge in [-0.05, 0) is 65.7 Å². The summed E-state index contributed by atoms with van der Waals surface area (Å²) in [5.74, 6) is 0.0807. The van der Waals surface area contributed by atoms with Crippen LogP contribution in [0.4, 0.5) is 0 Å². The first-order valence-electron chi connectivity index (χ1n) is 6.06. The quantitative estimate of drug-likeness (QED) is 0.836. The second-order valence-electron chi connectivity index (χ2n) is 4.78. The lowest BCUT2D eigenvalue weighted by molar-refractivity contribution is 0.0965. The molecular formula is C13H15IN2O. The Labute approximate surface area is 115 Å². The molecule has 1 N–H and O–H groups in total. The van der Waals surface area contributed by atoms with Gasteiger partial charge in [0.1, 0.15) is 0 Å². The zero-order chi connectivity index (χ0) is 11.8. The molecule has 90 valence electrons. The van der Waals surface area contributed by atoms with Gasteiger partial charge >= 0.3 is 0 Å². The average Bonchev–Trinajstić information content (AvgIpc) is 2.89. The van der Waals surface area contributed by atoms with E-state index in [0.717, 1.165) is 21.2 Å². The second-order valence-corrected chi connectivity index (χ2v) is 5.94. The molecule has 1 saturated heterocycles. The van der Waals surface area contributed by atoms with Gasteiger partial charge in [0.25, 0.3) is 5.91 Å². The summed E-state index contributed by atoms with van der Waals surface area (Å²) in [5, 5.41) is 2.89. The molecule has 3 rings (SSSR count). The Morgan fingerprint density at radius 1 is 1.29 bits per heavy atom. The van der Waals surface area contributed by atoms with Gasteiger partial charge < -0.3 is 5.32 Å². The van der Waals surface area contributed by atoms with Crippen LogP contribution in [0.3, 0.4) is 0 Å². The van der Waals surface area contributed by atoms with Crippen LogP contribution >= 0.6 is 22.6 Å². The first-order chi connectivity index (χ1) is 8.24. The first-order valence-corrected chi connectivity index (χ1v) is 7.14. The third-order valence-electron chi connectivity index (χ3n) is 3.50. The summed E-state index contributed by atoms with van der Waals surface area (Å²) in [6.07, 6.45) is 2.64. The highest BCUT2D eigenvalue weighted by atomic mass is 127. The number of nitrogens with zero attached hydrogens (tertiary/aromatic N) is 1. The summed E-state index contributed by atoms with van der Waals surface area (Å²) < 4.78 is 1.09. The van der Waals surface area contributed by atoms with E-state index in [1.807, 2.05) is 0 Å². The van der Waals surface area contributed by atoms with Gasteiger partial charge in [-0.15, -0.1) is 0 Å². The normalized spacial score (nSPS) is 19.5. The fourth-order valence-corrected chi connectivity index (χ4v) is 3.67. The van der Waals surface area contributed by atoms with E-state index in [1.165, 1.54) is 31.5 Å². The summed E-state index contributed by atoms with van der Waals surface area (Å²) in [4.78, 5) is 14.1. The van der Waals surface area contributed by atoms with E-state index >= 15 is 0 Å². The van der Waals surface area contributed by atoms with Crippen LogP contribution < -0.4 is 5.32 Å². The summed E-state index contributed by atoms with van der Waals surface area (Å²) in [7, 11) is 0. The van der Waals surface area contributed by atoms with Crippen LogP contribution in [0.5, 0.6) is 0 Å². The van der Waals surface area contributed by atoms with E-state index in [0.29, 0.717) is 6.54 Å². The lowest BCUT2D eigenvalue weighted by atomic mass is 10.1. The molecule has 1 amide bonds. The molecule has 0 radical (unpaired) electrons. The average molecular weight is 342 g/mol. The highest BCUT2D eigenvalue weighted by molar-refractivity contribution is 14.1. The minimum atomic E-state index is 0.0807. The van der Waals surface area contributed by atoms with E-state index in [9.17, 15) is 4.79 Å². The molecule has 17 heavy (non-hydrogen) atoms. The number of likely N-dealkylation sites (tertiary alicyclic amines) is 1. The van der Waals surface area contributed by atoms with Gasteiger partial charge in [-0.25, -0.2) is 0 Å². The molecule has 0 aromatic heterocycles. The van der Waals surface area contributed by atoms with Crippen LogP contribution in [-0.2, 0) is 13.1 Å². The predicted octanol–water partition coefficient (Wildman–Crippen LogP) is 2.13. The molecule has 3 nitrogen and oxygen atoms in total. The lowest BCUT2D eigenvalue weighted by Gasteiger charge is -2.15. The number of halogens is 1. The van der Waals surface area contributed by atoms with Crippen molar-refractivity contribution in [3.8, 4) is 0 Å². The van der Waals surface area contributed by atoms with Gasteiger partial charge in [0.05, 0.1) is 5.56 Å². The third kappa shape index (κ3) is 2.20. The zero-order valence-electron chi connectivity index (χ0n) is 9.63. The van der Waals surface area contributed by atoms with Gasteiger partial charge in [0.2, 0.25) is 0 Å². The molecule has 0 saturated carbocycles. The Bertz CT molecular complexity index is 467. The minimum absolute atomic E-state index is 0.0807. The monoisotopic (exact) mass is 342 g/mol. The number of fused-ring (bicyclic) bond motifs is 1. The maximum Gasteiger partial charge on any atom is 0.252 e. The van der Waals surface area contributed by atoms with Crippen molar-refractivity contribution in [2.45, 2.75) is 25.9 Å². The van der Waals surface area contributed by atoms with Gasteiger partial charge in [-0.2, -0.15) is 0 Å². The van der Waals surface area contributed by atoms with Gasteiger partial charge in [0.15, 0.2) is 0 Å². The summed E-state index contributed by atoms with van der Waals surface area (Å²) in [6, 6.07) is 4.34. The van der Waals surface area contributed by atoms with Crippen LogP contribution in [0.25, 0.3) is 0 Å². The molecule has 1 fully saturated rings. The Morgan fingerprint density at radius 3 is 2.82 bits per heavy atom. The second kappa shape index (κ2) is 4.57. The molecule has 0 atom stereocenters. The molecule has 0 aliphatic carbocycles. The maximum atomic E-state index is 11.6. The standard InChI is InChI=1S/C13H15IN2O/c14-11-6-9(8-16-3-1-2-4-16)5-10-7-15-13(17)12(10)11/h5-6H,1-4,7-8H2,(H,15,17). The first kappa shape index (κ1) is 11.5. The molecule has 1 aromatic carbocycles. The van der Waals surface area contributed by atoms with E-state index in [2.05, 4.69) is 44.9 Å². The number of carbonyl (C=O) groups excluding carboxylic acids is 1. The number of hydrogen-bond acceptors (Lipinski definition) is 2. The smallest absolute Gasteiger partial charge is 0.252 e. The molecule has 1 aromatic rings. The summed E-state index contributed by atoms with van der Waals surface area (Å²) in [5.41, 5.74) is 3.39. The molecule has 0 bridgehead atoms. The number of hydrogen-bond donors (Lipinski definition) is 1. The molecular weight excluding hydrogens is 327 g/mol. The fourth-order valence-electron chi connectivity index (χ4n) is 2.67. The van der Waals surface area contributed by atoms with E-state index in [-0.39, 0.29) is 5.91 Å². The molecule has 2 aliphatic heterocycles. The zero-order valence-corrected chi connectivity index (χ0v) is 11.8. The van der Waals surface area contributed by atoms with Crippen molar-refractivity contribution in [2.75, 3.05) is 13.1 Å². The number of nitrogens with one attached hydrogen (secondary N) is 1. The predicted molar refractivity (Wildman–Crippen MR) is 74.8 cm³/mol. The van der Waals surface area contributed by atoms with Crippen molar-refractivity contribution >= 4 is 28.5 Å². The molecule has 2 aliphatic rings. The third-order valence-corrected chi connectivity index (χ3v) is 4.35. The highest BCUT2D eigenvalue weighted by Gasteiger charge is 2.23. The lowest BCUT2D eigenvalue weighted by Crippen LogP contribution is -2.18. The number of amides is 1. The minimum Gasteiger partial charge on any atom is -0.348 e. The Balaban J connectivity index is 1.87. The SMILES string of the molecule is O=C1NCc2cc(CN3CCCC3)cc(I)c21. The van der Waals surface area contributed by atoms with Crippen LogP contribution in [0, 0.1) is 3.57 Å². The van der Waals surface area contributed by atoms with Crippen molar-refractivity contribution in [3.63, 3.8) is 0 Å². The fraction of sp³-hybridized carbons (Fsp3) is 0.462. The van der Waals surface area contributed by atoms with Crippen molar-refractivity contribution < 1.29 is 4.79 Å². The molecule has 4 heteroatoms. The maximum absolute atomic E-state index is 11.6. The number of carbonyl (C=O) groups is 1. The van der Waals surface area contributed by atoms with Crippen LogP contribution in [0.15, 0.2) is 12.1 Å². The Kier molecular flexibility index (Phi) is 3.08. The van der Waals surface area contributed by atoms with Crippen LogP contribution in [-0.4, -0.2) is 23.9 Å². The molecule has 0 spiro atoms. The van der Waals surface area contributed by atoms with E-state index in [4.69, 9.17) is 0 Å². The van der Waals surface area contributed by atoms with Crippen LogP contribution in [0.1, 0.15) is 34.3 Å². The largest absolute Gasteiger partial charge is 0.348 e. The number of rotatable bonds is 2. The Morgan fingerprint density at radius 2 is 2.06 bits per heavy atom. The van der Waals surface area contributed by atoms with Crippen molar-refractivity contribution in [2.24, 2.45) is 0 Å². The van der Waals surface area contributed by atoms with Crippen molar-refractivity contribution in [1.82, 2.24) is 10.2 Å². The summed E-state index contributed by atoms with van der Waals surface area (Å²) >= 11 is 2.27. The van der Waals surface area contributed by atoms with Crippen molar-refractivity contribution in [3.05, 3.63) is 32.4 Å². The van der Waals surface area contributed by atoms with Crippen molar-refractivity contribution in [1.29, 1.82) is 0 Å². The van der Waals surface area contributed by atoms with E-state index in [1.54, 1.807) is 0 Å². The molecule has 2 heterocycles. The topological polar surface area (TPSA) is 32.3 Å². The number of benzene rings is 1. The van der Waals surface area contributed by atoms with Gasteiger partial charge in [0, 0.05) is 16.7 Å². The Hall–Kier alpha value is -0.620. The van der Waals surface area contributed by atoms with Crippen LogP contribution in [0.2, 0.25) is 0 Å². The van der Waals surface area contributed by atoms with Gasteiger partial charge in [-0.3, -0.25) is 9.69 Å². The highest BCUT2D eigenvalue weighted by Crippen LogP contribution is 2.25. The molecule has 0 unspecified atom stereocenters. The summed E-state index contributed by atoms with van der Waals surface area (Å²) in [6.45, 7) is 4.14. The van der Waals surface area contributed by atoms with Gasteiger partial charge in [-0.1, -0.05) is 6.07 Å². The van der Waals surface area contributed by atoms with E-state index < -0.39 is 0 Å².